The summed E-state index contributed by atoms with van der Waals surface area (Å²) in [6.07, 6.45) is 0.988. The molecule has 0 spiro atoms. The number of hydrogen-bond donors (Lipinski definition) is 0. The van der Waals surface area contributed by atoms with Gasteiger partial charge in [-0.05, 0) is 61.2 Å². The smallest absolute Gasteiger partial charge is 0.279 e. The Morgan fingerprint density at radius 2 is 1.89 bits per heavy atom. The lowest BCUT2D eigenvalue weighted by Gasteiger charge is -2.06. The van der Waals surface area contributed by atoms with E-state index in [4.69, 9.17) is 4.74 Å². The fraction of sp³-hybridized carbons (Fsp3) is 0.364. The average Bonchev–Trinajstić information content (AvgIpc) is 2.99. The Kier molecular flexibility index (Phi) is 6.11. The van der Waals surface area contributed by atoms with Crippen LogP contribution in [0.2, 0.25) is 0 Å². The lowest BCUT2D eigenvalue weighted by atomic mass is 10.0. The molecule has 0 fully saturated rings. The first-order chi connectivity index (χ1) is 13.0. The Bertz CT molecular complexity index is 997. The summed E-state index contributed by atoms with van der Waals surface area (Å²) in [5.41, 5.74) is 3.02. The average molecular weight is 383 g/mol. The molecule has 0 aliphatic carbocycles. The lowest BCUT2D eigenvalue weighted by molar-refractivity contribution is 0.0998. The summed E-state index contributed by atoms with van der Waals surface area (Å²) in [6, 6.07) is 13.7. The molecule has 2 aromatic carbocycles. The zero-order valence-corrected chi connectivity index (χ0v) is 17.2. The minimum absolute atomic E-state index is 0.224. The van der Waals surface area contributed by atoms with Gasteiger partial charge in [-0.2, -0.15) is 4.99 Å². The van der Waals surface area contributed by atoms with Gasteiger partial charge in [0.15, 0.2) is 4.80 Å². The van der Waals surface area contributed by atoms with Gasteiger partial charge in [0.1, 0.15) is 5.75 Å². The number of aryl methyl sites for hydroxylation is 1. The Morgan fingerprint density at radius 3 is 2.52 bits per heavy atom. The van der Waals surface area contributed by atoms with Crippen molar-refractivity contribution in [1.82, 2.24) is 4.57 Å². The molecule has 3 rings (SSSR count). The van der Waals surface area contributed by atoms with Crippen LogP contribution >= 0.6 is 11.3 Å². The number of carbonyl (C=O) groups is 1. The Balaban J connectivity index is 2.02. The van der Waals surface area contributed by atoms with E-state index in [9.17, 15) is 4.79 Å². The fourth-order valence-electron chi connectivity index (χ4n) is 2.99. The summed E-state index contributed by atoms with van der Waals surface area (Å²) in [4.78, 5) is 17.9. The summed E-state index contributed by atoms with van der Waals surface area (Å²) in [5.74, 6) is 1.01. The maximum atomic E-state index is 12.7. The van der Waals surface area contributed by atoms with Crippen LogP contribution in [0.25, 0.3) is 10.2 Å². The number of thiazole rings is 1. The molecule has 1 amide bonds. The largest absolute Gasteiger partial charge is 0.494 e. The molecule has 4 nitrogen and oxygen atoms in total. The van der Waals surface area contributed by atoms with Gasteiger partial charge in [-0.15, -0.1) is 0 Å². The van der Waals surface area contributed by atoms with E-state index in [-0.39, 0.29) is 5.91 Å². The van der Waals surface area contributed by atoms with Crippen LogP contribution in [0.15, 0.2) is 47.5 Å². The minimum atomic E-state index is -0.224. The van der Waals surface area contributed by atoms with E-state index in [1.807, 2.05) is 19.1 Å². The number of nitrogens with zero attached hydrogens (tertiary/aromatic N) is 2. The zero-order chi connectivity index (χ0) is 19.4. The van der Waals surface area contributed by atoms with Crippen LogP contribution in [0.5, 0.6) is 5.75 Å². The minimum Gasteiger partial charge on any atom is -0.494 e. The molecule has 0 radical (unpaired) electrons. The predicted molar refractivity (Wildman–Crippen MR) is 112 cm³/mol. The highest BCUT2D eigenvalue weighted by molar-refractivity contribution is 7.16. The molecule has 0 bridgehead atoms. The molecule has 0 N–H and O–H groups in total. The molecule has 0 aliphatic rings. The van der Waals surface area contributed by atoms with E-state index < -0.39 is 0 Å². The van der Waals surface area contributed by atoms with Crippen molar-refractivity contribution >= 4 is 27.5 Å². The number of benzene rings is 2. The first kappa shape index (κ1) is 19.4. The first-order valence-electron chi connectivity index (χ1n) is 9.48. The van der Waals surface area contributed by atoms with Crippen molar-refractivity contribution in [1.29, 1.82) is 0 Å². The van der Waals surface area contributed by atoms with Crippen molar-refractivity contribution in [2.45, 2.75) is 46.6 Å². The quantitative estimate of drug-likeness (QED) is 0.575. The van der Waals surface area contributed by atoms with Crippen molar-refractivity contribution in [3.63, 3.8) is 0 Å². The second-order valence-corrected chi connectivity index (χ2v) is 7.80. The van der Waals surface area contributed by atoms with Gasteiger partial charge in [0, 0.05) is 12.1 Å². The van der Waals surface area contributed by atoms with Gasteiger partial charge in [0.05, 0.1) is 16.8 Å². The van der Waals surface area contributed by atoms with Crippen molar-refractivity contribution in [3.05, 3.63) is 58.4 Å². The van der Waals surface area contributed by atoms with Crippen LogP contribution in [0.1, 0.15) is 56.0 Å². The van der Waals surface area contributed by atoms with E-state index in [0.29, 0.717) is 18.1 Å². The molecule has 142 valence electrons. The van der Waals surface area contributed by atoms with E-state index in [0.717, 1.165) is 29.0 Å². The molecule has 0 atom stereocenters. The number of amides is 1. The second-order valence-electron chi connectivity index (χ2n) is 6.79. The van der Waals surface area contributed by atoms with Crippen molar-refractivity contribution < 1.29 is 9.53 Å². The SMILES string of the molecule is CCCn1c(=NC(=O)c2ccc(OCC)cc2)sc2cc(C(C)C)ccc21. The Hall–Kier alpha value is -2.40. The normalized spacial score (nSPS) is 12.1. The number of fused-ring (bicyclic) bond motifs is 1. The summed E-state index contributed by atoms with van der Waals surface area (Å²) >= 11 is 1.58. The lowest BCUT2D eigenvalue weighted by Crippen LogP contribution is -2.16. The highest BCUT2D eigenvalue weighted by Crippen LogP contribution is 2.24. The van der Waals surface area contributed by atoms with Crippen molar-refractivity contribution in [2.75, 3.05) is 6.61 Å². The molecule has 0 unspecified atom stereocenters. The molecular weight excluding hydrogens is 356 g/mol. The molecule has 0 saturated carbocycles. The maximum Gasteiger partial charge on any atom is 0.279 e. The van der Waals surface area contributed by atoms with Crippen LogP contribution in [-0.4, -0.2) is 17.1 Å². The Morgan fingerprint density at radius 1 is 1.15 bits per heavy atom. The number of carbonyl (C=O) groups excluding carboxylic acids is 1. The third-order valence-corrected chi connectivity index (χ3v) is 5.47. The van der Waals surface area contributed by atoms with Crippen LogP contribution < -0.4 is 9.54 Å². The van der Waals surface area contributed by atoms with E-state index >= 15 is 0 Å². The molecular formula is C22H26N2O2S. The second kappa shape index (κ2) is 8.53. The Labute approximate surface area is 164 Å². The van der Waals surface area contributed by atoms with Crippen LogP contribution in [0, 0.1) is 0 Å². The maximum absolute atomic E-state index is 12.7. The summed E-state index contributed by atoms with van der Waals surface area (Å²) in [5, 5.41) is 0. The molecule has 5 heteroatoms. The molecule has 0 saturated heterocycles. The molecule has 1 heterocycles. The standard InChI is InChI=1S/C22H26N2O2S/c1-5-13-24-19-12-9-17(15(3)4)14-20(19)27-22(24)23-21(25)16-7-10-18(11-8-16)26-6-2/h7-12,14-15H,5-6,13H2,1-4H3. The predicted octanol–water partition coefficient (Wildman–Crippen LogP) is 5.38. The third kappa shape index (κ3) is 4.30. The summed E-state index contributed by atoms with van der Waals surface area (Å²) in [7, 11) is 0. The highest BCUT2D eigenvalue weighted by atomic mass is 32.1. The van der Waals surface area contributed by atoms with Crippen LogP contribution in [0.3, 0.4) is 0 Å². The third-order valence-electron chi connectivity index (χ3n) is 4.43. The highest BCUT2D eigenvalue weighted by Gasteiger charge is 2.11. The first-order valence-corrected chi connectivity index (χ1v) is 10.3. The number of rotatable bonds is 6. The molecule has 3 aromatic rings. The molecule has 1 aromatic heterocycles. The number of aromatic nitrogens is 1. The van der Waals surface area contributed by atoms with E-state index in [1.54, 1.807) is 23.5 Å². The number of hydrogen-bond acceptors (Lipinski definition) is 3. The van der Waals surface area contributed by atoms with Crippen LogP contribution in [0.4, 0.5) is 0 Å². The monoisotopic (exact) mass is 382 g/mol. The summed E-state index contributed by atoms with van der Waals surface area (Å²) in [6.45, 7) is 9.90. The van der Waals surface area contributed by atoms with Gasteiger partial charge in [-0.25, -0.2) is 0 Å². The molecule has 0 aliphatic heterocycles. The van der Waals surface area contributed by atoms with Gasteiger partial charge in [-0.3, -0.25) is 4.79 Å². The van der Waals surface area contributed by atoms with Gasteiger partial charge in [0.25, 0.3) is 5.91 Å². The fourth-order valence-corrected chi connectivity index (χ4v) is 4.09. The zero-order valence-electron chi connectivity index (χ0n) is 16.4. The van der Waals surface area contributed by atoms with Crippen LogP contribution in [-0.2, 0) is 6.54 Å². The van der Waals surface area contributed by atoms with Crippen molar-refractivity contribution in [2.24, 2.45) is 4.99 Å². The topological polar surface area (TPSA) is 43.6 Å². The summed E-state index contributed by atoms with van der Waals surface area (Å²) < 4.78 is 8.76. The molecule has 27 heavy (non-hydrogen) atoms. The van der Waals surface area contributed by atoms with Gasteiger partial charge < -0.3 is 9.30 Å². The van der Waals surface area contributed by atoms with Gasteiger partial charge in [-0.1, -0.05) is 38.2 Å². The van der Waals surface area contributed by atoms with Gasteiger partial charge in [0.2, 0.25) is 0 Å². The van der Waals surface area contributed by atoms with E-state index in [1.165, 1.54) is 10.3 Å². The van der Waals surface area contributed by atoms with Gasteiger partial charge >= 0.3 is 0 Å². The van der Waals surface area contributed by atoms with Crippen molar-refractivity contribution in [3.8, 4) is 5.75 Å². The van der Waals surface area contributed by atoms with E-state index in [2.05, 4.69) is 48.5 Å². The number of ether oxygens (including phenoxy) is 1.